The van der Waals surface area contributed by atoms with Gasteiger partial charge in [0, 0.05) is 29.7 Å². The molecule has 0 radical (unpaired) electrons. The molecule has 0 amide bonds. The highest BCUT2D eigenvalue weighted by Crippen LogP contribution is 2.30. The Kier molecular flexibility index (Phi) is 3.35. The van der Waals surface area contributed by atoms with Crippen molar-refractivity contribution in [3.05, 3.63) is 60.8 Å². The molecule has 134 valence electrons. The van der Waals surface area contributed by atoms with Crippen LogP contribution in [0.2, 0.25) is 0 Å². The van der Waals surface area contributed by atoms with Crippen LogP contribution in [0.3, 0.4) is 0 Å². The summed E-state index contributed by atoms with van der Waals surface area (Å²) in [5.74, 6) is 0.706. The van der Waals surface area contributed by atoms with E-state index in [1.54, 1.807) is 40.2 Å². The fourth-order valence-electron chi connectivity index (χ4n) is 3.06. The van der Waals surface area contributed by atoms with Crippen molar-refractivity contribution in [3.63, 3.8) is 0 Å². The number of nitrogens with one attached hydrogen (secondary N) is 1. The molecule has 10 heteroatoms. The van der Waals surface area contributed by atoms with Crippen molar-refractivity contribution in [3.8, 4) is 17.1 Å². The number of hydrogen-bond acceptors (Lipinski definition) is 5. The Hall–Kier alpha value is -3.82. The fourth-order valence-corrected chi connectivity index (χ4v) is 3.06. The van der Waals surface area contributed by atoms with Crippen LogP contribution in [0.5, 0.6) is 0 Å². The molecule has 5 rings (SSSR count). The zero-order chi connectivity index (χ0) is 18.4. The van der Waals surface area contributed by atoms with Crippen LogP contribution in [0.1, 0.15) is 5.82 Å². The third kappa shape index (κ3) is 2.58. The molecule has 0 aliphatic heterocycles. The average molecular weight is 363 g/mol. The summed E-state index contributed by atoms with van der Waals surface area (Å²) < 4.78 is 17.8. The van der Waals surface area contributed by atoms with E-state index in [9.17, 15) is 4.39 Å². The molecule has 9 nitrogen and oxygen atoms in total. The lowest BCUT2D eigenvalue weighted by Gasteiger charge is -2.02. The van der Waals surface area contributed by atoms with E-state index in [-0.39, 0.29) is 5.82 Å². The number of fused-ring (bicyclic) bond motifs is 1. The third-order valence-electron chi connectivity index (χ3n) is 4.23. The van der Waals surface area contributed by atoms with Gasteiger partial charge in [-0.2, -0.15) is 20.1 Å². The lowest BCUT2D eigenvalue weighted by Crippen LogP contribution is -2.05. The van der Waals surface area contributed by atoms with E-state index < -0.39 is 0 Å². The summed E-state index contributed by atoms with van der Waals surface area (Å²) in [5, 5.41) is 17.4. The van der Waals surface area contributed by atoms with Crippen molar-refractivity contribution in [2.24, 2.45) is 7.05 Å². The Labute approximate surface area is 152 Å². The number of benzene rings is 1. The first-order valence-electron chi connectivity index (χ1n) is 8.24. The normalized spacial score (nSPS) is 11.5. The molecule has 5 aromatic rings. The molecule has 0 unspecified atom stereocenters. The van der Waals surface area contributed by atoms with Gasteiger partial charge in [0.1, 0.15) is 18.0 Å². The van der Waals surface area contributed by atoms with E-state index in [1.165, 1.54) is 10.9 Å². The van der Waals surface area contributed by atoms with Crippen molar-refractivity contribution < 1.29 is 4.39 Å². The van der Waals surface area contributed by atoms with E-state index in [2.05, 4.69) is 30.4 Å². The maximum absolute atomic E-state index is 14.5. The summed E-state index contributed by atoms with van der Waals surface area (Å²) in [6.45, 7) is 0.304. The molecule has 0 saturated carbocycles. The molecule has 1 N–H and O–H groups in total. The smallest absolute Gasteiger partial charge is 0.175 e. The summed E-state index contributed by atoms with van der Waals surface area (Å²) in [6.07, 6.45) is 8.42. The lowest BCUT2D eigenvalue weighted by molar-refractivity contribution is 0.569. The molecule has 0 spiro atoms. The third-order valence-corrected chi connectivity index (χ3v) is 4.23. The molecule has 0 aliphatic rings. The van der Waals surface area contributed by atoms with Crippen molar-refractivity contribution in [2.45, 2.75) is 6.54 Å². The van der Waals surface area contributed by atoms with Crippen LogP contribution in [-0.2, 0) is 13.6 Å². The van der Waals surface area contributed by atoms with Crippen molar-refractivity contribution >= 4 is 10.9 Å². The number of halogens is 1. The zero-order valence-electron chi connectivity index (χ0n) is 14.3. The van der Waals surface area contributed by atoms with Gasteiger partial charge in [0.2, 0.25) is 0 Å². The first-order chi connectivity index (χ1) is 13.2. The first-order valence-corrected chi connectivity index (χ1v) is 8.24. The van der Waals surface area contributed by atoms with Crippen LogP contribution in [0.15, 0.2) is 49.2 Å². The van der Waals surface area contributed by atoms with E-state index in [4.69, 9.17) is 0 Å². The SMILES string of the molecule is Cn1cc(-n2nc(Cn3nccn3)nc2-c2c[nH]c3cccc(F)c23)cn1. The van der Waals surface area contributed by atoms with Gasteiger partial charge >= 0.3 is 0 Å². The maximum atomic E-state index is 14.5. The second-order valence-electron chi connectivity index (χ2n) is 6.06. The van der Waals surface area contributed by atoms with Crippen LogP contribution in [0.4, 0.5) is 4.39 Å². The highest BCUT2D eigenvalue weighted by atomic mass is 19.1. The van der Waals surface area contributed by atoms with Crippen LogP contribution in [0.25, 0.3) is 28.0 Å². The van der Waals surface area contributed by atoms with E-state index in [1.807, 2.05) is 19.3 Å². The minimum Gasteiger partial charge on any atom is -0.360 e. The van der Waals surface area contributed by atoms with Crippen LogP contribution >= 0.6 is 0 Å². The van der Waals surface area contributed by atoms with Gasteiger partial charge in [0.25, 0.3) is 0 Å². The predicted octanol–water partition coefficient (Wildman–Crippen LogP) is 1.93. The molecule has 4 aromatic heterocycles. The van der Waals surface area contributed by atoms with E-state index >= 15 is 0 Å². The number of rotatable bonds is 4. The summed E-state index contributed by atoms with van der Waals surface area (Å²) in [6, 6.07) is 4.92. The largest absolute Gasteiger partial charge is 0.360 e. The number of aryl methyl sites for hydroxylation is 1. The van der Waals surface area contributed by atoms with Gasteiger partial charge in [-0.25, -0.2) is 14.1 Å². The van der Waals surface area contributed by atoms with Crippen LogP contribution in [0, 0.1) is 5.82 Å². The van der Waals surface area contributed by atoms with Crippen molar-refractivity contribution in [1.29, 1.82) is 0 Å². The highest BCUT2D eigenvalue weighted by molar-refractivity contribution is 5.94. The summed E-state index contributed by atoms with van der Waals surface area (Å²) in [5.41, 5.74) is 2.05. The fraction of sp³-hybridized carbons (Fsp3) is 0.118. The minimum absolute atomic E-state index is 0.304. The minimum atomic E-state index is -0.320. The number of aromatic nitrogens is 9. The van der Waals surface area contributed by atoms with E-state index in [0.29, 0.717) is 34.7 Å². The second-order valence-corrected chi connectivity index (χ2v) is 6.06. The number of H-pyrrole nitrogens is 1. The molecular formula is C17H14FN9. The second kappa shape index (κ2) is 5.87. The number of aromatic amines is 1. The van der Waals surface area contributed by atoms with Crippen LogP contribution in [-0.4, -0.2) is 44.5 Å². The zero-order valence-corrected chi connectivity index (χ0v) is 14.3. The van der Waals surface area contributed by atoms with Gasteiger partial charge in [-0.3, -0.25) is 4.68 Å². The van der Waals surface area contributed by atoms with Crippen LogP contribution < -0.4 is 0 Å². The maximum Gasteiger partial charge on any atom is 0.175 e. The van der Waals surface area contributed by atoms with Crippen molar-refractivity contribution in [1.82, 2.24) is 44.5 Å². The average Bonchev–Trinajstić information content (AvgIpc) is 3.41. The predicted molar refractivity (Wildman–Crippen MR) is 94.5 cm³/mol. The quantitative estimate of drug-likeness (QED) is 0.526. The highest BCUT2D eigenvalue weighted by Gasteiger charge is 2.20. The monoisotopic (exact) mass is 363 g/mol. The lowest BCUT2D eigenvalue weighted by atomic mass is 10.1. The molecule has 0 fully saturated rings. The molecular weight excluding hydrogens is 349 g/mol. The Morgan fingerprint density at radius 1 is 1.15 bits per heavy atom. The Balaban J connectivity index is 1.70. The first kappa shape index (κ1) is 15.4. The summed E-state index contributed by atoms with van der Waals surface area (Å²) >= 11 is 0. The van der Waals surface area contributed by atoms with Gasteiger partial charge in [-0.15, -0.1) is 5.10 Å². The topological polar surface area (TPSA) is 95.0 Å². The van der Waals surface area contributed by atoms with Gasteiger partial charge in [0.05, 0.1) is 24.8 Å². The molecule has 4 heterocycles. The summed E-state index contributed by atoms with van der Waals surface area (Å²) in [7, 11) is 1.82. The Morgan fingerprint density at radius 3 is 2.78 bits per heavy atom. The molecule has 27 heavy (non-hydrogen) atoms. The summed E-state index contributed by atoms with van der Waals surface area (Å²) in [4.78, 5) is 9.21. The Morgan fingerprint density at radius 2 is 2.00 bits per heavy atom. The van der Waals surface area contributed by atoms with Crippen molar-refractivity contribution in [2.75, 3.05) is 0 Å². The van der Waals surface area contributed by atoms with E-state index in [0.717, 1.165) is 5.69 Å². The number of nitrogens with zero attached hydrogens (tertiary/aromatic N) is 8. The molecule has 0 saturated heterocycles. The Bertz CT molecular complexity index is 1230. The number of hydrogen-bond donors (Lipinski definition) is 1. The molecule has 0 aliphatic carbocycles. The van der Waals surface area contributed by atoms with Gasteiger partial charge in [0.15, 0.2) is 11.6 Å². The van der Waals surface area contributed by atoms with Gasteiger partial charge in [-0.05, 0) is 12.1 Å². The van der Waals surface area contributed by atoms with Gasteiger partial charge < -0.3 is 4.98 Å². The van der Waals surface area contributed by atoms with Gasteiger partial charge in [-0.1, -0.05) is 6.07 Å². The standard InChI is InChI=1S/C17H14FN9/c1-25-9-11(7-22-25)27-17(23-15(24-27)10-26-20-5-6-21-26)12-8-19-14-4-2-3-13(18)16(12)14/h2-9,19H,10H2,1H3. The molecule has 0 atom stereocenters. The molecule has 0 bridgehead atoms. The molecule has 1 aromatic carbocycles.